The smallest absolute Gasteiger partial charge is 0.179 e. The van der Waals surface area contributed by atoms with E-state index < -0.39 is 0 Å². The van der Waals surface area contributed by atoms with Gasteiger partial charge in [-0.15, -0.1) is 10.2 Å². The summed E-state index contributed by atoms with van der Waals surface area (Å²) in [6.45, 7) is 0. The van der Waals surface area contributed by atoms with Gasteiger partial charge in [-0.05, 0) is 28.8 Å². The highest BCUT2D eigenvalue weighted by atomic mass is 79.9. The van der Waals surface area contributed by atoms with Crippen molar-refractivity contribution in [2.45, 2.75) is 31.7 Å². The van der Waals surface area contributed by atoms with Gasteiger partial charge in [0.25, 0.3) is 0 Å². The number of hydrogen-bond acceptors (Lipinski definition) is 2. The van der Waals surface area contributed by atoms with E-state index >= 15 is 0 Å². The van der Waals surface area contributed by atoms with Crippen molar-refractivity contribution >= 4 is 27.5 Å². The van der Waals surface area contributed by atoms with Crippen LogP contribution in [0, 0.1) is 0 Å². The van der Waals surface area contributed by atoms with Gasteiger partial charge >= 0.3 is 0 Å². The first-order chi connectivity index (χ1) is 5.77. The van der Waals surface area contributed by atoms with Crippen molar-refractivity contribution in [3.63, 3.8) is 0 Å². The first-order valence-electron chi connectivity index (χ1n) is 4.05. The van der Waals surface area contributed by atoms with Crippen LogP contribution in [0.3, 0.4) is 0 Å². The highest BCUT2D eigenvalue weighted by molar-refractivity contribution is 9.10. The third-order valence-electron chi connectivity index (χ3n) is 2.20. The number of rotatable bonds is 1. The van der Waals surface area contributed by atoms with Gasteiger partial charge in [-0.2, -0.15) is 4.80 Å². The fraction of sp³-hybridized carbons (Fsp3) is 0.714. The first kappa shape index (κ1) is 8.51. The molecule has 0 saturated heterocycles. The molecule has 0 spiro atoms. The van der Waals surface area contributed by atoms with Gasteiger partial charge in [0.1, 0.15) is 0 Å². The Kier molecular flexibility index (Phi) is 2.37. The molecule has 12 heavy (non-hydrogen) atoms. The molecule has 0 aromatic carbocycles. The minimum absolute atomic E-state index is 0.460. The van der Waals surface area contributed by atoms with Crippen LogP contribution in [-0.2, 0) is 0 Å². The second-order valence-electron chi connectivity index (χ2n) is 3.04. The average Bonchev–Trinajstić information content (AvgIpc) is 2.61. The molecule has 1 aromatic rings. The largest absolute Gasteiger partial charge is 0.185 e. The van der Waals surface area contributed by atoms with Crippen molar-refractivity contribution in [1.29, 1.82) is 0 Å². The van der Waals surface area contributed by atoms with Gasteiger partial charge in [-0.25, -0.2) is 0 Å². The van der Waals surface area contributed by atoms with Gasteiger partial charge in [-0.1, -0.05) is 24.4 Å². The van der Waals surface area contributed by atoms with E-state index in [0.717, 1.165) is 0 Å². The molecule has 1 saturated carbocycles. The molecule has 2 rings (SSSR count). The Bertz CT molecular complexity index is 261. The zero-order chi connectivity index (χ0) is 8.55. The van der Waals surface area contributed by atoms with Crippen molar-refractivity contribution in [1.82, 2.24) is 15.0 Å². The predicted octanol–water partition coefficient (Wildman–Crippen LogP) is 2.81. The fourth-order valence-corrected chi connectivity index (χ4v) is 1.94. The molecule has 1 heterocycles. The summed E-state index contributed by atoms with van der Waals surface area (Å²) < 4.78 is 0.649. The van der Waals surface area contributed by atoms with Crippen LogP contribution in [0.15, 0.2) is 4.60 Å². The van der Waals surface area contributed by atoms with Crippen LogP contribution in [0.5, 0.6) is 0 Å². The van der Waals surface area contributed by atoms with E-state index in [0.29, 0.717) is 15.8 Å². The Morgan fingerprint density at radius 2 is 2.00 bits per heavy atom. The monoisotopic (exact) mass is 249 g/mol. The highest BCUT2D eigenvalue weighted by Crippen LogP contribution is 2.29. The molecule has 3 nitrogen and oxygen atoms in total. The second-order valence-corrected chi connectivity index (χ2v) is 4.15. The third-order valence-corrected chi connectivity index (χ3v) is 3.22. The standard InChI is InChI=1S/C7H9BrClN3/c8-6-7(9)11-12(10-6)5-3-1-2-4-5/h5H,1-4H2. The Labute approximate surface area is 84.2 Å². The Hall–Kier alpha value is -0.0900. The number of halogens is 2. The van der Waals surface area contributed by atoms with E-state index in [2.05, 4.69) is 26.1 Å². The summed E-state index contributed by atoms with van der Waals surface area (Å²) in [5, 5.41) is 8.76. The zero-order valence-corrected chi connectivity index (χ0v) is 8.85. The van der Waals surface area contributed by atoms with E-state index in [4.69, 9.17) is 11.6 Å². The van der Waals surface area contributed by atoms with Crippen molar-refractivity contribution in [2.75, 3.05) is 0 Å². The van der Waals surface area contributed by atoms with Crippen LogP contribution in [0.2, 0.25) is 5.15 Å². The summed E-state index contributed by atoms with van der Waals surface area (Å²) in [6, 6.07) is 0.466. The van der Waals surface area contributed by atoms with E-state index in [9.17, 15) is 0 Å². The second kappa shape index (κ2) is 3.34. The molecule has 0 aliphatic heterocycles. The maximum absolute atomic E-state index is 5.77. The lowest BCUT2D eigenvalue weighted by molar-refractivity contribution is 0.412. The summed E-state index contributed by atoms with van der Waals surface area (Å²) in [5.41, 5.74) is 0. The van der Waals surface area contributed by atoms with Gasteiger partial charge < -0.3 is 0 Å². The average molecular weight is 251 g/mol. The quantitative estimate of drug-likeness (QED) is 0.767. The molecular weight excluding hydrogens is 241 g/mol. The maximum Gasteiger partial charge on any atom is 0.185 e. The summed E-state index contributed by atoms with van der Waals surface area (Å²) in [5.74, 6) is 0. The molecule has 5 heteroatoms. The predicted molar refractivity (Wildman–Crippen MR) is 50.2 cm³/mol. The number of hydrogen-bond donors (Lipinski definition) is 0. The first-order valence-corrected chi connectivity index (χ1v) is 5.22. The molecule has 66 valence electrons. The van der Waals surface area contributed by atoms with Gasteiger partial charge in [-0.3, -0.25) is 0 Å². The number of aromatic nitrogens is 3. The lowest BCUT2D eigenvalue weighted by Crippen LogP contribution is -2.08. The van der Waals surface area contributed by atoms with Crippen molar-refractivity contribution < 1.29 is 0 Å². The van der Waals surface area contributed by atoms with Crippen LogP contribution < -0.4 is 0 Å². The minimum Gasteiger partial charge on any atom is -0.179 e. The van der Waals surface area contributed by atoms with Crippen molar-refractivity contribution in [2.24, 2.45) is 0 Å². The fourth-order valence-electron chi connectivity index (χ4n) is 1.58. The van der Waals surface area contributed by atoms with Crippen LogP contribution >= 0.6 is 27.5 Å². The summed E-state index contributed by atoms with van der Waals surface area (Å²) in [6.07, 6.45) is 4.91. The van der Waals surface area contributed by atoms with Crippen LogP contribution in [-0.4, -0.2) is 15.0 Å². The Balaban J connectivity index is 2.21. The van der Waals surface area contributed by atoms with E-state index in [1.54, 1.807) is 4.80 Å². The van der Waals surface area contributed by atoms with Gasteiger partial charge in [0.15, 0.2) is 9.76 Å². The Morgan fingerprint density at radius 3 is 2.50 bits per heavy atom. The summed E-state index contributed by atoms with van der Waals surface area (Å²) >= 11 is 9.00. The van der Waals surface area contributed by atoms with E-state index in [1.165, 1.54) is 25.7 Å². The van der Waals surface area contributed by atoms with Crippen LogP contribution in [0.25, 0.3) is 0 Å². The molecule has 0 radical (unpaired) electrons. The molecule has 0 bridgehead atoms. The molecule has 0 unspecified atom stereocenters. The number of nitrogens with zero attached hydrogens (tertiary/aromatic N) is 3. The molecule has 1 aliphatic rings. The molecule has 0 N–H and O–H groups in total. The van der Waals surface area contributed by atoms with E-state index in [1.807, 2.05) is 0 Å². The maximum atomic E-state index is 5.77. The van der Waals surface area contributed by atoms with Gasteiger partial charge in [0, 0.05) is 0 Å². The summed E-state index contributed by atoms with van der Waals surface area (Å²) in [4.78, 5) is 1.74. The topological polar surface area (TPSA) is 30.7 Å². The minimum atomic E-state index is 0.460. The summed E-state index contributed by atoms with van der Waals surface area (Å²) in [7, 11) is 0. The van der Waals surface area contributed by atoms with Crippen LogP contribution in [0.1, 0.15) is 31.7 Å². The van der Waals surface area contributed by atoms with Gasteiger partial charge in [0.2, 0.25) is 0 Å². The Morgan fingerprint density at radius 1 is 1.33 bits per heavy atom. The van der Waals surface area contributed by atoms with Crippen molar-refractivity contribution in [3.8, 4) is 0 Å². The molecule has 1 aliphatic carbocycles. The highest BCUT2D eigenvalue weighted by Gasteiger charge is 2.19. The van der Waals surface area contributed by atoms with Gasteiger partial charge in [0.05, 0.1) is 6.04 Å². The van der Waals surface area contributed by atoms with Crippen molar-refractivity contribution in [3.05, 3.63) is 9.76 Å². The third kappa shape index (κ3) is 1.50. The molecule has 0 atom stereocenters. The van der Waals surface area contributed by atoms with Crippen LogP contribution in [0.4, 0.5) is 0 Å². The molecule has 1 fully saturated rings. The zero-order valence-electron chi connectivity index (χ0n) is 6.50. The molecule has 1 aromatic heterocycles. The SMILES string of the molecule is Clc1nn(C2CCCC2)nc1Br. The molecular formula is C7H9BrClN3. The lowest BCUT2D eigenvalue weighted by atomic mass is 10.3. The lowest BCUT2D eigenvalue weighted by Gasteiger charge is -2.05. The normalized spacial score (nSPS) is 18.8. The molecule has 0 amide bonds. The van der Waals surface area contributed by atoms with E-state index in [-0.39, 0.29) is 0 Å².